The van der Waals surface area contributed by atoms with Gasteiger partial charge < -0.3 is 15.0 Å². The van der Waals surface area contributed by atoms with Gasteiger partial charge in [0.1, 0.15) is 11.9 Å². The number of pyridine rings is 1. The molecule has 0 aromatic carbocycles. The fraction of sp³-hybridized carbons (Fsp3) is 0.615. The molecule has 2 aliphatic heterocycles. The van der Waals surface area contributed by atoms with Crippen molar-refractivity contribution in [2.24, 2.45) is 0 Å². The van der Waals surface area contributed by atoms with Gasteiger partial charge in [0.25, 0.3) is 0 Å². The zero-order valence-corrected chi connectivity index (χ0v) is 11.3. The second-order valence-corrected chi connectivity index (χ2v) is 5.89. The summed E-state index contributed by atoms with van der Waals surface area (Å²) in [5.41, 5.74) is 0. The highest BCUT2D eigenvalue weighted by molar-refractivity contribution is 7.99. The Morgan fingerprint density at radius 3 is 3.00 bits per heavy atom. The third-order valence-electron chi connectivity index (χ3n) is 3.35. The lowest BCUT2D eigenvalue weighted by atomic mass is 10.3. The van der Waals surface area contributed by atoms with Crippen molar-refractivity contribution in [2.75, 3.05) is 42.6 Å². The number of hydrogen-bond donors (Lipinski definition) is 1. The van der Waals surface area contributed by atoms with Crippen molar-refractivity contribution in [1.82, 2.24) is 10.3 Å². The highest BCUT2D eigenvalue weighted by Gasteiger charge is 2.17. The van der Waals surface area contributed by atoms with E-state index in [1.54, 1.807) is 0 Å². The molecular weight excluding hydrogens is 246 g/mol. The number of ether oxygens (including phenoxy) is 1. The Morgan fingerprint density at radius 2 is 2.22 bits per heavy atom. The van der Waals surface area contributed by atoms with Crippen LogP contribution >= 0.6 is 11.8 Å². The van der Waals surface area contributed by atoms with Crippen LogP contribution in [0, 0.1) is 0 Å². The van der Waals surface area contributed by atoms with Gasteiger partial charge in [-0.2, -0.15) is 16.7 Å². The molecule has 2 fully saturated rings. The SMILES string of the molecule is c1cc(OC2CCNC2)nc(N2CCSCC2)c1. The van der Waals surface area contributed by atoms with Crippen molar-refractivity contribution in [2.45, 2.75) is 12.5 Å². The molecule has 1 atom stereocenters. The van der Waals surface area contributed by atoms with Gasteiger partial charge in [0.2, 0.25) is 5.88 Å². The van der Waals surface area contributed by atoms with Crippen LogP contribution in [0.4, 0.5) is 5.82 Å². The van der Waals surface area contributed by atoms with Gasteiger partial charge in [0.05, 0.1) is 0 Å². The number of aromatic nitrogens is 1. The Hall–Kier alpha value is -0.940. The summed E-state index contributed by atoms with van der Waals surface area (Å²) < 4.78 is 5.90. The molecule has 4 nitrogen and oxygen atoms in total. The molecule has 3 rings (SSSR count). The van der Waals surface area contributed by atoms with Crippen LogP contribution in [0.25, 0.3) is 0 Å². The first-order chi connectivity index (χ1) is 8.92. The molecule has 0 aliphatic carbocycles. The molecule has 1 N–H and O–H groups in total. The third-order valence-corrected chi connectivity index (χ3v) is 4.29. The van der Waals surface area contributed by atoms with Crippen molar-refractivity contribution >= 4 is 17.6 Å². The Kier molecular flexibility index (Phi) is 3.90. The van der Waals surface area contributed by atoms with E-state index in [0.29, 0.717) is 0 Å². The molecule has 2 saturated heterocycles. The van der Waals surface area contributed by atoms with E-state index >= 15 is 0 Å². The Bertz CT molecular complexity index is 390. The Balaban J connectivity index is 1.67. The monoisotopic (exact) mass is 265 g/mol. The molecule has 3 heterocycles. The molecule has 0 amide bonds. The summed E-state index contributed by atoms with van der Waals surface area (Å²) >= 11 is 2.01. The minimum Gasteiger partial charge on any atom is -0.473 e. The molecular formula is C13H19N3OS. The Labute approximate surface area is 112 Å². The highest BCUT2D eigenvalue weighted by Crippen LogP contribution is 2.21. The quantitative estimate of drug-likeness (QED) is 0.893. The average Bonchev–Trinajstić information content (AvgIpc) is 2.93. The second kappa shape index (κ2) is 5.80. The minimum absolute atomic E-state index is 0.282. The van der Waals surface area contributed by atoms with E-state index in [2.05, 4.69) is 21.3 Å². The van der Waals surface area contributed by atoms with Crippen LogP contribution in [0.1, 0.15) is 6.42 Å². The van der Waals surface area contributed by atoms with Gasteiger partial charge in [-0.25, -0.2) is 0 Å². The molecule has 5 heteroatoms. The molecule has 0 saturated carbocycles. The fourth-order valence-electron chi connectivity index (χ4n) is 2.34. The summed E-state index contributed by atoms with van der Waals surface area (Å²) in [7, 11) is 0. The Morgan fingerprint density at radius 1 is 1.33 bits per heavy atom. The number of nitrogens with one attached hydrogen (secondary N) is 1. The third kappa shape index (κ3) is 2.90. The van der Waals surface area contributed by atoms with Gasteiger partial charge in [0.15, 0.2) is 0 Å². The molecule has 0 radical (unpaired) electrons. The summed E-state index contributed by atoms with van der Waals surface area (Å²) in [4.78, 5) is 6.97. The van der Waals surface area contributed by atoms with Gasteiger partial charge in [-0.05, 0) is 19.0 Å². The van der Waals surface area contributed by atoms with Crippen molar-refractivity contribution < 1.29 is 4.74 Å². The summed E-state index contributed by atoms with van der Waals surface area (Å²) in [5, 5.41) is 3.30. The highest BCUT2D eigenvalue weighted by atomic mass is 32.2. The number of thioether (sulfide) groups is 1. The van der Waals surface area contributed by atoms with Crippen molar-refractivity contribution in [1.29, 1.82) is 0 Å². The number of rotatable bonds is 3. The lowest BCUT2D eigenvalue weighted by Gasteiger charge is -2.27. The number of anilines is 1. The van der Waals surface area contributed by atoms with E-state index in [1.165, 1.54) is 11.5 Å². The number of nitrogens with zero attached hydrogens (tertiary/aromatic N) is 2. The zero-order valence-electron chi connectivity index (χ0n) is 10.5. The molecule has 1 aromatic rings. The van der Waals surface area contributed by atoms with E-state index in [9.17, 15) is 0 Å². The van der Waals surface area contributed by atoms with E-state index in [4.69, 9.17) is 4.74 Å². The first kappa shape index (κ1) is 12.1. The normalized spacial score (nSPS) is 24.2. The molecule has 98 valence electrons. The van der Waals surface area contributed by atoms with Crippen LogP contribution < -0.4 is 15.0 Å². The van der Waals surface area contributed by atoms with Gasteiger partial charge in [-0.1, -0.05) is 6.07 Å². The van der Waals surface area contributed by atoms with Crippen molar-refractivity contribution in [3.05, 3.63) is 18.2 Å². The molecule has 1 aromatic heterocycles. The van der Waals surface area contributed by atoms with Gasteiger partial charge in [-0.15, -0.1) is 0 Å². The standard InChI is InChI=1S/C13H19N3OS/c1-2-12(16-6-8-18-9-7-16)15-13(3-1)17-11-4-5-14-10-11/h1-3,11,14H,4-10H2. The van der Waals surface area contributed by atoms with Gasteiger partial charge in [-0.3, -0.25) is 0 Å². The van der Waals surface area contributed by atoms with E-state index < -0.39 is 0 Å². The maximum atomic E-state index is 5.90. The summed E-state index contributed by atoms with van der Waals surface area (Å²) in [6, 6.07) is 6.08. The first-order valence-electron chi connectivity index (χ1n) is 6.59. The predicted octanol–water partition coefficient (Wildman–Crippen LogP) is 1.38. The van der Waals surface area contributed by atoms with Crippen LogP contribution in [0.3, 0.4) is 0 Å². The first-order valence-corrected chi connectivity index (χ1v) is 7.74. The summed E-state index contributed by atoms with van der Waals surface area (Å²) in [6.45, 7) is 4.16. The van der Waals surface area contributed by atoms with E-state index in [-0.39, 0.29) is 6.10 Å². The molecule has 0 spiro atoms. The molecule has 18 heavy (non-hydrogen) atoms. The van der Waals surface area contributed by atoms with E-state index in [1.807, 2.05) is 23.9 Å². The lowest BCUT2D eigenvalue weighted by molar-refractivity contribution is 0.214. The van der Waals surface area contributed by atoms with Crippen molar-refractivity contribution in [3.8, 4) is 5.88 Å². The number of hydrogen-bond acceptors (Lipinski definition) is 5. The van der Waals surface area contributed by atoms with Crippen LogP contribution in [-0.2, 0) is 0 Å². The van der Waals surface area contributed by atoms with Crippen LogP contribution in [0.5, 0.6) is 5.88 Å². The van der Waals surface area contributed by atoms with Crippen LogP contribution in [-0.4, -0.2) is 48.8 Å². The zero-order chi connectivity index (χ0) is 12.2. The summed E-state index contributed by atoms with van der Waals surface area (Å²) in [5.74, 6) is 4.21. The van der Waals surface area contributed by atoms with Gasteiger partial charge in [0, 0.05) is 37.2 Å². The van der Waals surface area contributed by atoms with Crippen LogP contribution in [0.15, 0.2) is 18.2 Å². The smallest absolute Gasteiger partial charge is 0.215 e. The molecule has 2 aliphatic rings. The maximum absolute atomic E-state index is 5.90. The van der Waals surface area contributed by atoms with E-state index in [0.717, 1.165) is 44.3 Å². The topological polar surface area (TPSA) is 37.4 Å². The molecule has 0 bridgehead atoms. The molecule has 1 unspecified atom stereocenters. The van der Waals surface area contributed by atoms with Gasteiger partial charge >= 0.3 is 0 Å². The summed E-state index contributed by atoms with van der Waals surface area (Å²) in [6.07, 6.45) is 1.36. The average molecular weight is 265 g/mol. The largest absolute Gasteiger partial charge is 0.473 e. The minimum atomic E-state index is 0.282. The second-order valence-electron chi connectivity index (χ2n) is 4.67. The van der Waals surface area contributed by atoms with Crippen LogP contribution in [0.2, 0.25) is 0 Å². The fourth-order valence-corrected chi connectivity index (χ4v) is 3.24. The maximum Gasteiger partial charge on any atom is 0.215 e. The predicted molar refractivity (Wildman–Crippen MR) is 75.7 cm³/mol. The van der Waals surface area contributed by atoms with Crippen molar-refractivity contribution in [3.63, 3.8) is 0 Å². The lowest BCUT2D eigenvalue weighted by Crippen LogP contribution is -2.33.